The molecule has 0 spiro atoms. The van der Waals surface area contributed by atoms with E-state index >= 15 is 0 Å². The highest BCUT2D eigenvalue weighted by atomic mass is 35.5. The van der Waals surface area contributed by atoms with Crippen molar-refractivity contribution in [1.29, 1.82) is 0 Å². The molecule has 0 aliphatic carbocycles. The van der Waals surface area contributed by atoms with Crippen molar-refractivity contribution < 1.29 is 14.3 Å². The van der Waals surface area contributed by atoms with Gasteiger partial charge in [-0.05, 0) is 44.0 Å². The van der Waals surface area contributed by atoms with Crippen LogP contribution in [0.25, 0.3) is 5.69 Å². The lowest BCUT2D eigenvalue weighted by Gasteiger charge is -2.16. The van der Waals surface area contributed by atoms with E-state index in [9.17, 15) is 4.79 Å². The first-order chi connectivity index (χ1) is 15.6. The van der Waals surface area contributed by atoms with E-state index in [4.69, 9.17) is 21.1 Å². The van der Waals surface area contributed by atoms with Gasteiger partial charge in [0.1, 0.15) is 12.4 Å². The molecule has 0 saturated carbocycles. The summed E-state index contributed by atoms with van der Waals surface area (Å²) in [6, 6.07) is 17.1. The lowest BCUT2D eigenvalue weighted by molar-refractivity contribution is -0.120. The van der Waals surface area contributed by atoms with Gasteiger partial charge in [-0.3, -0.25) is 9.36 Å². The third-order valence-corrected chi connectivity index (χ3v) is 6.44. The predicted molar refractivity (Wildman–Crippen MR) is 124 cm³/mol. The first kappa shape index (κ1) is 22.6. The summed E-state index contributed by atoms with van der Waals surface area (Å²) in [7, 11) is 0. The molecule has 1 aromatic heterocycles. The Balaban J connectivity index is 1.48. The average Bonchev–Trinajstić information content (AvgIpc) is 3.47. The van der Waals surface area contributed by atoms with E-state index in [1.54, 1.807) is 6.07 Å². The quantitative estimate of drug-likeness (QED) is 0.468. The molecule has 1 aliphatic rings. The van der Waals surface area contributed by atoms with Crippen molar-refractivity contribution in [3.8, 4) is 11.4 Å². The molecule has 2 heterocycles. The number of rotatable bonds is 9. The Kier molecular flexibility index (Phi) is 7.68. The van der Waals surface area contributed by atoms with Crippen molar-refractivity contribution in [2.75, 3.05) is 13.2 Å². The fraction of sp³-hybridized carbons (Fsp3) is 0.348. The van der Waals surface area contributed by atoms with Gasteiger partial charge in [-0.25, -0.2) is 0 Å². The second-order valence-electron chi connectivity index (χ2n) is 7.43. The van der Waals surface area contributed by atoms with Crippen LogP contribution in [0.4, 0.5) is 0 Å². The molecule has 9 heteroatoms. The number of amides is 1. The van der Waals surface area contributed by atoms with Crippen LogP contribution in [0.5, 0.6) is 5.75 Å². The molecule has 32 heavy (non-hydrogen) atoms. The molecule has 1 aliphatic heterocycles. The molecule has 168 valence electrons. The summed E-state index contributed by atoms with van der Waals surface area (Å²) in [5.74, 6) is 1.14. The topological polar surface area (TPSA) is 78.3 Å². The van der Waals surface area contributed by atoms with Gasteiger partial charge < -0.3 is 14.8 Å². The summed E-state index contributed by atoms with van der Waals surface area (Å²) in [5, 5.41) is 12.5. The van der Waals surface area contributed by atoms with E-state index < -0.39 is 0 Å². The standard InChI is InChI=1S/C23H25ClN4O3S/c1-16(22(29)25-14-18-10-7-13-30-18)32-23-27-26-21(28(23)17-8-3-2-4-9-17)15-31-20-12-6-5-11-19(20)24/h2-6,8-9,11-12,16,18H,7,10,13-15H2,1H3,(H,25,29)/t16-,18+/m1/s1. The number of nitrogens with zero attached hydrogens (tertiary/aromatic N) is 3. The smallest absolute Gasteiger partial charge is 0.233 e. The number of hydrogen-bond acceptors (Lipinski definition) is 6. The van der Waals surface area contributed by atoms with Gasteiger partial charge in [0.2, 0.25) is 5.91 Å². The van der Waals surface area contributed by atoms with Crippen molar-refractivity contribution in [2.24, 2.45) is 0 Å². The van der Waals surface area contributed by atoms with E-state index in [2.05, 4.69) is 15.5 Å². The number of carbonyl (C=O) groups excluding carboxylic acids is 1. The zero-order chi connectivity index (χ0) is 22.3. The molecule has 1 fully saturated rings. The number of aromatic nitrogens is 3. The number of nitrogens with one attached hydrogen (secondary N) is 1. The summed E-state index contributed by atoms with van der Waals surface area (Å²) in [6.07, 6.45) is 2.14. The van der Waals surface area contributed by atoms with Gasteiger partial charge in [0.05, 0.1) is 16.4 Å². The van der Waals surface area contributed by atoms with E-state index in [1.165, 1.54) is 11.8 Å². The average molecular weight is 473 g/mol. The minimum atomic E-state index is -0.347. The van der Waals surface area contributed by atoms with Crippen molar-refractivity contribution >= 4 is 29.3 Å². The van der Waals surface area contributed by atoms with Gasteiger partial charge in [0.25, 0.3) is 0 Å². The van der Waals surface area contributed by atoms with Gasteiger partial charge in [0, 0.05) is 18.8 Å². The molecule has 7 nitrogen and oxygen atoms in total. The highest BCUT2D eigenvalue weighted by Gasteiger charge is 2.23. The SMILES string of the molecule is C[C@@H](Sc1nnc(COc2ccccc2Cl)n1-c1ccccc1)C(=O)NC[C@@H]1CCCO1. The van der Waals surface area contributed by atoms with E-state index in [1.807, 2.05) is 60.0 Å². The summed E-state index contributed by atoms with van der Waals surface area (Å²) in [4.78, 5) is 12.6. The molecule has 0 radical (unpaired) electrons. The second kappa shape index (κ2) is 10.8. The van der Waals surface area contributed by atoms with Crippen LogP contribution in [-0.4, -0.2) is 45.2 Å². The largest absolute Gasteiger partial charge is 0.484 e. The lowest BCUT2D eigenvalue weighted by atomic mass is 10.2. The first-order valence-corrected chi connectivity index (χ1v) is 11.8. The first-order valence-electron chi connectivity index (χ1n) is 10.5. The lowest BCUT2D eigenvalue weighted by Crippen LogP contribution is -2.36. The molecule has 2 atom stereocenters. The van der Waals surface area contributed by atoms with Crippen molar-refractivity contribution in [1.82, 2.24) is 20.1 Å². The summed E-state index contributed by atoms with van der Waals surface area (Å²) < 4.78 is 13.4. The third-order valence-electron chi connectivity index (χ3n) is 5.09. The van der Waals surface area contributed by atoms with Crippen molar-refractivity contribution in [3.63, 3.8) is 0 Å². The maximum absolute atomic E-state index is 12.6. The van der Waals surface area contributed by atoms with Crippen LogP contribution in [0, 0.1) is 0 Å². The minimum absolute atomic E-state index is 0.0537. The normalized spacial score (nSPS) is 16.6. The number of para-hydroxylation sites is 2. The predicted octanol–water partition coefficient (Wildman–Crippen LogP) is 4.28. The molecule has 1 amide bonds. The van der Waals surface area contributed by atoms with Crippen LogP contribution in [-0.2, 0) is 16.1 Å². The van der Waals surface area contributed by atoms with Gasteiger partial charge in [-0.1, -0.05) is 53.7 Å². The zero-order valence-electron chi connectivity index (χ0n) is 17.7. The van der Waals surface area contributed by atoms with Gasteiger partial charge >= 0.3 is 0 Å². The molecule has 2 aromatic carbocycles. The van der Waals surface area contributed by atoms with Crippen molar-refractivity contribution in [3.05, 3.63) is 65.4 Å². The molecule has 0 bridgehead atoms. The van der Waals surface area contributed by atoms with Gasteiger partial charge in [-0.15, -0.1) is 10.2 Å². The Morgan fingerprint density at radius 2 is 2.03 bits per heavy atom. The monoisotopic (exact) mass is 472 g/mol. The number of halogens is 1. The molecule has 1 saturated heterocycles. The Bertz CT molecular complexity index is 1040. The number of ether oxygens (including phenoxy) is 2. The summed E-state index contributed by atoms with van der Waals surface area (Å²) in [6.45, 7) is 3.35. The van der Waals surface area contributed by atoms with Crippen LogP contribution in [0.2, 0.25) is 5.02 Å². The maximum atomic E-state index is 12.6. The number of benzene rings is 2. The van der Waals surface area contributed by atoms with E-state index in [-0.39, 0.29) is 23.9 Å². The van der Waals surface area contributed by atoms with Crippen LogP contribution < -0.4 is 10.1 Å². The fourth-order valence-electron chi connectivity index (χ4n) is 3.39. The van der Waals surface area contributed by atoms with Gasteiger partial charge in [0.15, 0.2) is 11.0 Å². The third kappa shape index (κ3) is 5.62. The highest BCUT2D eigenvalue weighted by Crippen LogP contribution is 2.28. The molecule has 1 N–H and O–H groups in total. The number of thioether (sulfide) groups is 1. The number of hydrogen-bond donors (Lipinski definition) is 1. The summed E-state index contributed by atoms with van der Waals surface area (Å²) in [5.41, 5.74) is 0.893. The minimum Gasteiger partial charge on any atom is -0.484 e. The molecule has 0 unspecified atom stereocenters. The highest BCUT2D eigenvalue weighted by molar-refractivity contribution is 8.00. The molecular formula is C23H25ClN4O3S. The van der Waals surface area contributed by atoms with Crippen LogP contribution in [0.1, 0.15) is 25.6 Å². The van der Waals surface area contributed by atoms with Crippen LogP contribution >= 0.6 is 23.4 Å². The maximum Gasteiger partial charge on any atom is 0.233 e. The second-order valence-corrected chi connectivity index (χ2v) is 9.14. The van der Waals surface area contributed by atoms with Gasteiger partial charge in [-0.2, -0.15) is 0 Å². The van der Waals surface area contributed by atoms with Crippen LogP contribution in [0.15, 0.2) is 59.8 Å². The Morgan fingerprint density at radius 1 is 1.25 bits per heavy atom. The Morgan fingerprint density at radius 3 is 2.78 bits per heavy atom. The van der Waals surface area contributed by atoms with E-state index in [0.29, 0.717) is 28.3 Å². The Hall–Kier alpha value is -2.55. The molecule has 3 aromatic rings. The molecular weight excluding hydrogens is 448 g/mol. The Labute approximate surface area is 196 Å². The summed E-state index contributed by atoms with van der Waals surface area (Å²) >= 11 is 7.56. The molecule has 4 rings (SSSR count). The number of carbonyl (C=O) groups is 1. The van der Waals surface area contributed by atoms with Crippen LogP contribution in [0.3, 0.4) is 0 Å². The fourth-order valence-corrected chi connectivity index (χ4v) is 4.49. The zero-order valence-corrected chi connectivity index (χ0v) is 19.3. The van der Waals surface area contributed by atoms with Crippen molar-refractivity contribution in [2.45, 2.75) is 42.9 Å². The van der Waals surface area contributed by atoms with E-state index in [0.717, 1.165) is 25.1 Å².